The van der Waals surface area contributed by atoms with Crippen LogP contribution in [0.3, 0.4) is 0 Å². The van der Waals surface area contributed by atoms with Gasteiger partial charge in [0.25, 0.3) is 11.1 Å². The number of fused-ring (bicyclic) bond motifs is 2. The fraction of sp³-hybridized carbons (Fsp3) is 0.180. The Labute approximate surface area is 370 Å². The number of carbonyl (C=O) groups excluding carboxylic acids is 1. The third kappa shape index (κ3) is 10.8. The number of nitrogens with two attached hydrogens (primary N) is 1. The van der Waals surface area contributed by atoms with E-state index in [0.29, 0.717) is 44.8 Å². The second-order valence-electron chi connectivity index (χ2n) is 15.4. The molecular formula is C50H48Cl2N6O4. The molecule has 2 heterocycles. The molecule has 316 valence electrons. The highest BCUT2D eigenvalue weighted by atomic mass is 35.5. The van der Waals surface area contributed by atoms with Gasteiger partial charge in [-0.15, -0.1) is 23.2 Å². The van der Waals surface area contributed by atoms with Gasteiger partial charge in [-0.25, -0.2) is 14.8 Å². The second kappa shape index (κ2) is 20.2. The molecule has 0 saturated heterocycles. The molecule has 6 aromatic carbocycles. The second-order valence-corrected chi connectivity index (χ2v) is 16.2. The van der Waals surface area contributed by atoms with Crippen LogP contribution in [0.2, 0.25) is 0 Å². The Morgan fingerprint density at radius 2 is 0.968 bits per heavy atom. The molecule has 8 aromatic rings. The van der Waals surface area contributed by atoms with Crippen LogP contribution in [-0.4, -0.2) is 36.1 Å². The maximum atomic E-state index is 13.8. The van der Waals surface area contributed by atoms with E-state index in [4.69, 9.17) is 38.7 Å². The molecule has 62 heavy (non-hydrogen) atoms. The van der Waals surface area contributed by atoms with Crippen molar-refractivity contribution in [3.8, 4) is 0 Å². The summed E-state index contributed by atoms with van der Waals surface area (Å²) in [6.07, 6.45) is -0.575. The summed E-state index contributed by atoms with van der Waals surface area (Å²) in [7, 11) is 0. The molecule has 0 radical (unpaired) electrons. The number of anilines is 2. The lowest BCUT2D eigenvalue weighted by Crippen LogP contribution is -2.30. The number of ether oxygens (including phenoxy) is 1. The number of rotatable bonds is 7. The first kappa shape index (κ1) is 44.8. The highest BCUT2D eigenvalue weighted by molar-refractivity contribution is 6.40. The summed E-state index contributed by atoms with van der Waals surface area (Å²) < 4.78 is 8.80. The van der Waals surface area contributed by atoms with E-state index in [1.165, 1.54) is 0 Å². The monoisotopic (exact) mass is 866 g/mol. The first-order valence-electron chi connectivity index (χ1n) is 19.9. The molecular weight excluding hydrogens is 819 g/mol. The number of carbonyl (C=O) groups is 1. The first-order valence-corrected chi connectivity index (χ1v) is 21.0. The smallest absolute Gasteiger partial charge is 0.412 e. The van der Waals surface area contributed by atoms with Crippen LogP contribution in [0.15, 0.2) is 167 Å². The summed E-state index contributed by atoms with van der Waals surface area (Å²) in [5, 5.41) is 3.86. The SMILES string of the molecule is Cc1nc2ccc(N)cc2c(=O)n1C(c1ccccc1)c1ccccc1.Cc1nc2ccc(NC(=O)OC(C)(C)C)cc2c(=O)n1C(c1ccccc1)c1ccccc1.ClCCl. The van der Waals surface area contributed by atoms with Crippen LogP contribution < -0.4 is 22.2 Å². The maximum Gasteiger partial charge on any atom is 0.412 e. The minimum atomic E-state index is -0.620. The van der Waals surface area contributed by atoms with Gasteiger partial charge in [-0.05, 0) is 93.3 Å². The van der Waals surface area contributed by atoms with E-state index in [2.05, 4.69) is 10.3 Å². The Balaban J connectivity index is 0.000000199. The molecule has 0 saturated carbocycles. The summed E-state index contributed by atoms with van der Waals surface area (Å²) in [5.74, 6) is 1.28. The van der Waals surface area contributed by atoms with Gasteiger partial charge >= 0.3 is 6.09 Å². The molecule has 0 bridgehead atoms. The van der Waals surface area contributed by atoms with Crippen molar-refractivity contribution in [3.63, 3.8) is 0 Å². The van der Waals surface area contributed by atoms with Crippen molar-refractivity contribution < 1.29 is 9.53 Å². The molecule has 0 unspecified atom stereocenters. The summed E-state index contributed by atoms with van der Waals surface area (Å²) >= 11 is 9.53. The lowest BCUT2D eigenvalue weighted by atomic mass is 9.98. The van der Waals surface area contributed by atoms with Gasteiger partial charge in [0, 0.05) is 11.4 Å². The minimum Gasteiger partial charge on any atom is -0.444 e. The molecule has 0 aliphatic heterocycles. The number of amides is 1. The van der Waals surface area contributed by atoms with Gasteiger partial charge in [-0.2, -0.15) is 0 Å². The van der Waals surface area contributed by atoms with E-state index >= 15 is 0 Å². The van der Waals surface area contributed by atoms with Gasteiger partial charge in [0.2, 0.25) is 0 Å². The number of nitrogens with one attached hydrogen (secondary N) is 1. The van der Waals surface area contributed by atoms with E-state index in [1.807, 2.05) is 135 Å². The number of aromatic nitrogens is 4. The maximum absolute atomic E-state index is 13.8. The third-order valence-electron chi connectivity index (χ3n) is 9.80. The minimum absolute atomic E-state index is 0.0856. The highest BCUT2D eigenvalue weighted by Crippen LogP contribution is 2.29. The lowest BCUT2D eigenvalue weighted by molar-refractivity contribution is 0.0636. The fourth-order valence-electron chi connectivity index (χ4n) is 7.27. The van der Waals surface area contributed by atoms with Gasteiger partial charge in [0.1, 0.15) is 17.2 Å². The highest BCUT2D eigenvalue weighted by Gasteiger charge is 2.23. The molecule has 1 amide bonds. The van der Waals surface area contributed by atoms with Crippen LogP contribution in [0.4, 0.5) is 16.2 Å². The zero-order chi connectivity index (χ0) is 44.4. The van der Waals surface area contributed by atoms with Crippen molar-refractivity contribution in [2.75, 3.05) is 16.4 Å². The predicted octanol–water partition coefficient (Wildman–Crippen LogP) is 11.0. The van der Waals surface area contributed by atoms with Crippen molar-refractivity contribution >= 4 is 62.5 Å². The van der Waals surface area contributed by atoms with Crippen LogP contribution >= 0.6 is 23.2 Å². The summed E-state index contributed by atoms with van der Waals surface area (Å²) in [5.41, 5.74) is 11.3. The predicted molar refractivity (Wildman–Crippen MR) is 253 cm³/mol. The van der Waals surface area contributed by atoms with E-state index in [0.717, 1.165) is 22.3 Å². The van der Waals surface area contributed by atoms with Crippen molar-refractivity contribution in [3.05, 3.63) is 212 Å². The molecule has 8 rings (SSSR count). The Kier molecular flexibility index (Phi) is 14.6. The number of hydrogen-bond acceptors (Lipinski definition) is 7. The van der Waals surface area contributed by atoms with E-state index in [-0.39, 0.29) is 28.5 Å². The number of aryl methyl sites for hydroxylation is 2. The topological polar surface area (TPSA) is 134 Å². The standard InChI is InChI=1S/C27H27N3O3.C22H19N3O.CH2Cl2/c1-18-28-23-16-15-21(29-26(32)33-27(2,3)4)17-22(23)25(31)30(18)24(19-11-7-5-8-12-19)20-13-9-6-10-14-20;1-15-24-20-13-12-18(23)14-19(20)22(26)25(15)21(16-8-4-2-5-9-16)17-10-6-3-7-11-17;2-1-3/h5-17,24H,1-4H3,(H,29,32);2-14,21H,23H2,1H3;1H2. The van der Waals surface area contributed by atoms with Gasteiger partial charge in [0.05, 0.1) is 39.2 Å². The molecule has 2 aromatic heterocycles. The van der Waals surface area contributed by atoms with E-state index < -0.39 is 11.7 Å². The molecule has 0 spiro atoms. The van der Waals surface area contributed by atoms with Gasteiger partial charge in [-0.3, -0.25) is 24.0 Å². The Morgan fingerprint density at radius 1 is 0.613 bits per heavy atom. The number of nitrogens with zero attached hydrogens (tertiary/aromatic N) is 4. The zero-order valence-corrected chi connectivity index (χ0v) is 36.6. The summed E-state index contributed by atoms with van der Waals surface area (Å²) in [6.45, 7) is 9.10. The van der Waals surface area contributed by atoms with Crippen molar-refractivity contribution in [1.82, 2.24) is 19.1 Å². The number of halogens is 2. The molecule has 0 fully saturated rings. The molecule has 0 aliphatic carbocycles. The Hall–Kier alpha value is -6.75. The van der Waals surface area contributed by atoms with Gasteiger partial charge in [0.15, 0.2) is 0 Å². The van der Waals surface area contributed by atoms with E-state index in [9.17, 15) is 14.4 Å². The average molecular weight is 868 g/mol. The number of benzene rings is 6. The summed E-state index contributed by atoms with van der Waals surface area (Å²) in [6, 6.07) is 49.6. The number of nitrogen functional groups attached to an aromatic ring is 1. The quantitative estimate of drug-likeness (QED) is 0.120. The van der Waals surface area contributed by atoms with Crippen molar-refractivity contribution in [2.45, 2.75) is 52.3 Å². The number of hydrogen-bond donors (Lipinski definition) is 2. The van der Waals surface area contributed by atoms with Crippen LogP contribution in [0.5, 0.6) is 0 Å². The molecule has 10 nitrogen and oxygen atoms in total. The normalized spacial score (nSPS) is 11.1. The summed E-state index contributed by atoms with van der Waals surface area (Å²) in [4.78, 5) is 48.7. The lowest BCUT2D eigenvalue weighted by Gasteiger charge is -2.23. The Bertz CT molecular complexity index is 2810. The van der Waals surface area contributed by atoms with E-state index in [1.54, 1.807) is 66.3 Å². The number of alkyl halides is 2. The van der Waals surface area contributed by atoms with Crippen LogP contribution in [0.25, 0.3) is 21.8 Å². The molecule has 3 N–H and O–H groups in total. The van der Waals surface area contributed by atoms with Crippen LogP contribution in [0, 0.1) is 13.8 Å². The van der Waals surface area contributed by atoms with Gasteiger partial charge < -0.3 is 10.5 Å². The fourth-order valence-corrected chi connectivity index (χ4v) is 7.27. The van der Waals surface area contributed by atoms with Crippen LogP contribution in [-0.2, 0) is 4.74 Å². The Morgan fingerprint density at radius 3 is 1.34 bits per heavy atom. The first-order chi connectivity index (χ1) is 29.8. The largest absolute Gasteiger partial charge is 0.444 e. The van der Waals surface area contributed by atoms with Crippen LogP contribution in [0.1, 0.15) is 66.8 Å². The van der Waals surface area contributed by atoms with Gasteiger partial charge in [-0.1, -0.05) is 121 Å². The third-order valence-corrected chi connectivity index (χ3v) is 9.80. The zero-order valence-electron chi connectivity index (χ0n) is 35.1. The van der Waals surface area contributed by atoms with Crippen molar-refractivity contribution in [1.29, 1.82) is 0 Å². The van der Waals surface area contributed by atoms with Crippen molar-refractivity contribution in [2.24, 2.45) is 0 Å². The average Bonchev–Trinajstić information content (AvgIpc) is 3.25. The molecule has 0 aliphatic rings. The molecule has 0 atom stereocenters. The molecule has 12 heteroatoms.